The first-order chi connectivity index (χ1) is 7.84. The lowest BCUT2D eigenvalue weighted by Gasteiger charge is -2.04. The van der Waals surface area contributed by atoms with Crippen LogP contribution >= 0.6 is 11.5 Å². The van der Waals surface area contributed by atoms with Crippen molar-refractivity contribution in [1.82, 2.24) is 19.1 Å². The highest BCUT2D eigenvalue weighted by molar-refractivity contribution is 7.05. The average molecular weight is 234 g/mol. The first-order valence-corrected chi connectivity index (χ1v) is 5.95. The summed E-state index contributed by atoms with van der Waals surface area (Å²) < 4.78 is 5.41. The number of nitrogens with zero attached hydrogens (tertiary/aromatic N) is 4. The Morgan fingerprint density at radius 2 is 2.38 bits per heavy atom. The zero-order chi connectivity index (χ0) is 11.0. The lowest BCUT2D eigenvalue weighted by Crippen LogP contribution is -2.24. The van der Waals surface area contributed by atoms with E-state index < -0.39 is 0 Å². The molecule has 0 N–H and O–H groups in total. The molecule has 0 spiro atoms. The molecule has 2 aromatic heterocycles. The van der Waals surface area contributed by atoms with Crippen molar-refractivity contribution in [2.75, 3.05) is 0 Å². The summed E-state index contributed by atoms with van der Waals surface area (Å²) in [5.41, 5.74) is 1.96. The maximum Gasteiger partial charge on any atom is 0.257 e. The van der Waals surface area contributed by atoms with Crippen LogP contribution in [-0.2, 0) is 19.4 Å². The molecule has 0 amide bonds. The van der Waals surface area contributed by atoms with Gasteiger partial charge in [-0.15, -0.1) is 5.10 Å². The van der Waals surface area contributed by atoms with Gasteiger partial charge in [0.25, 0.3) is 5.56 Å². The molecule has 0 saturated heterocycles. The van der Waals surface area contributed by atoms with Crippen LogP contribution in [0.15, 0.2) is 17.3 Å². The molecule has 3 rings (SSSR count). The minimum atomic E-state index is 0.0934. The topological polar surface area (TPSA) is 60.7 Å². The van der Waals surface area contributed by atoms with Crippen LogP contribution in [-0.4, -0.2) is 19.1 Å². The molecule has 2 aromatic rings. The van der Waals surface area contributed by atoms with Crippen molar-refractivity contribution >= 4 is 11.5 Å². The van der Waals surface area contributed by atoms with Crippen molar-refractivity contribution in [1.29, 1.82) is 0 Å². The normalized spacial score (nSPS) is 14.0. The molecule has 0 saturated carbocycles. The Morgan fingerprint density at radius 3 is 3.19 bits per heavy atom. The monoisotopic (exact) mass is 234 g/mol. The molecule has 1 aliphatic carbocycles. The Morgan fingerprint density at radius 1 is 1.44 bits per heavy atom. The summed E-state index contributed by atoms with van der Waals surface area (Å²) >= 11 is 1.31. The molecular formula is C10H10N4OS. The van der Waals surface area contributed by atoms with Gasteiger partial charge in [0, 0.05) is 5.56 Å². The highest BCUT2D eigenvalue weighted by Crippen LogP contribution is 2.15. The molecule has 2 heterocycles. The molecule has 82 valence electrons. The molecule has 0 aliphatic heterocycles. The highest BCUT2D eigenvalue weighted by atomic mass is 32.1. The van der Waals surface area contributed by atoms with Crippen molar-refractivity contribution in [3.8, 4) is 0 Å². The summed E-state index contributed by atoms with van der Waals surface area (Å²) in [6.45, 7) is 0.525. The smallest absolute Gasteiger partial charge is 0.257 e. The second-order valence-corrected chi connectivity index (χ2v) is 4.71. The van der Waals surface area contributed by atoms with Crippen LogP contribution in [0.4, 0.5) is 0 Å². The van der Waals surface area contributed by atoms with Crippen LogP contribution in [0.1, 0.15) is 22.6 Å². The summed E-state index contributed by atoms with van der Waals surface area (Å²) in [5, 5.41) is 3.75. The predicted molar refractivity (Wildman–Crippen MR) is 59.5 cm³/mol. The van der Waals surface area contributed by atoms with E-state index in [4.69, 9.17) is 0 Å². The summed E-state index contributed by atoms with van der Waals surface area (Å²) in [7, 11) is 0. The molecule has 5 nitrogen and oxygen atoms in total. The SMILES string of the molecule is O=c1c2c(ncn1Cc1cnns1)CCC2. The summed E-state index contributed by atoms with van der Waals surface area (Å²) in [4.78, 5) is 17.4. The molecule has 1 aliphatic rings. The van der Waals surface area contributed by atoms with Gasteiger partial charge >= 0.3 is 0 Å². The third-order valence-corrected chi connectivity index (χ3v) is 3.44. The van der Waals surface area contributed by atoms with Crippen molar-refractivity contribution in [3.05, 3.63) is 39.0 Å². The third-order valence-electron chi connectivity index (χ3n) is 2.79. The molecular weight excluding hydrogens is 224 g/mol. The fraction of sp³-hybridized carbons (Fsp3) is 0.400. The Bertz CT molecular complexity index is 561. The zero-order valence-electron chi connectivity index (χ0n) is 8.59. The van der Waals surface area contributed by atoms with Gasteiger partial charge < -0.3 is 0 Å². The number of hydrogen-bond acceptors (Lipinski definition) is 5. The fourth-order valence-corrected chi connectivity index (χ4v) is 2.49. The zero-order valence-corrected chi connectivity index (χ0v) is 9.40. The Balaban J connectivity index is 2.00. The Hall–Kier alpha value is -1.56. The lowest BCUT2D eigenvalue weighted by molar-refractivity contribution is 0.728. The van der Waals surface area contributed by atoms with Crippen LogP contribution in [0.25, 0.3) is 0 Å². The summed E-state index contributed by atoms with van der Waals surface area (Å²) in [6.07, 6.45) is 6.16. The molecule has 0 radical (unpaired) electrons. The summed E-state index contributed by atoms with van der Waals surface area (Å²) in [5.74, 6) is 0. The van der Waals surface area contributed by atoms with Gasteiger partial charge in [-0.05, 0) is 30.8 Å². The van der Waals surface area contributed by atoms with Crippen molar-refractivity contribution in [2.45, 2.75) is 25.8 Å². The van der Waals surface area contributed by atoms with Crippen LogP contribution in [0, 0.1) is 0 Å². The number of aromatic nitrogens is 4. The number of hydrogen-bond donors (Lipinski definition) is 0. The van der Waals surface area contributed by atoms with Crippen LogP contribution in [0.2, 0.25) is 0 Å². The third kappa shape index (κ3) is 1.55. The quantitative estimate of drug-likeness (QED) is 0.764. The minimum Gasteiger partial charge on any atom is -0.294 e. The van der Waals surface area contributed by atoms with E-state index in [1.165, 1.54) is 11.5 Å². The second kappa shape index (κ2) is 3.79. The number of fused-ring (bicyclic) bond motifs is 1. The second-order valence-electron chi connectivity index (χ2n) is 3.84. The maximum absolute atomic E-state index is 12.1. The van der Waals surface area contributed by atoms with Gasteiger partial charge in [-0.1, -0.05) is 4.49 Å². The molecule has 0 aromatic carbocycles. The van der Waals surface area contributed by atoms with Crippen molar-refractivity contribution in [3.63, 3.8) is 0 Å². The van der Waals surface area contributed by atoms with Gasteiger partial charge in [-0.2, -0.15) is 0 Å². The van der Waals surface area contributed by atoms with E-state index in [1.54, 1.807) is 17.1 Å². The van der Waals surface area contributed by atoms with Gasteiger partial charge in [-0.25, -0.2) is 4.98 Å². The molecule has 0 bridgehead atoms. The van der Waals surface area contributed by atoms with Gasteiger partial charge in [0.15, 0.2) is 0 Å². The molecule has 0 fully saturated rings. The van der Waals surface area contributed by atoms with Crippen LogP contribution in [0.3, 0.4) is 0 Å². The number of rotatable bonds is 2. The van der Waals surface area contributed by atoms with E-state index in [2.05, 4.69) is 14.6 Å². The lowest BCUT2D eigenvalue weighted by atomic mass is 10.2. The van der Waals surface area contributed by atoms with Gasteiger partial charge in [0.1, 0.15) is 0 Å². The predicted octanol–water partition coefficient (Wildman–Crippen LogP) is 0.632. The van der Waals surface area contributed by atoms with Crippen molar-refractivity contribution in [2.24, 2.45) is 0 Å². The van der Waals surface area contributed by atoms with Crippen molar-refractivity contribution < 1.29 is 0 Å². The van der Waals surface area contributed by atoms with Gasteiger partial charge in [-0.3, -0.25) is 9.36 Å². The average Bonchev–Trinajstić information content (AvgIpc) is 2.93. The number of aryl methyl sites for hydroxylation is 1. The van der Waals surface area contributed by atoms with E-state index in [0.717, 1.165) is 35.4 Å². The standard InChI is InChI=1S/C10H10N4OS/c15-10-8-2-1-3-9(8)11-6-14(10)5-7-4-12-13-16-7/h4,6H,1-3,5H2. The molecule has 0 atom stereocenters. The molecule has 6 heteroatoms. The van der Waals surface area contributed by atoms with E-state index in [9.17, 15) is 4.79 Å². The van der Waals surface area contributed by atoms with E-state index in [1.807, 2.05) is 0 Å². The fourth-order valence-electron chi connectivity index (χ4n) is 2.00. The molecule has 0 unspecified atom stereocenters. The molecule has 16 heavy (non-hydrogen) atoms. The van der Waals surface area contributed by atoms with E-state index in [0.29, 0.717) is 6.54 Å². The largest absolute Gasteiger partial charge is 0.294 e. The maximum atomic E-state index is 12.1. The van der Waals surface area contributed by atoms with E-state index in [-0.39, 0.29) is 5.56 Å². The van der Waals surface area contributed by atoms with Gasteiger partial charge in [0.2, 0.25) is 0 Å². The van der Waals surface area contributed by atoms with Crippen LogP contribution < -0.4 is 5.56 Å². The van der Waals surface area contributed by atoms with Gasteiger partial charge in [0.05, 0.1) is 29.6 Å². The first kappa shape index (κ1) is 9.65. The minimum absolute atomic E-state index is 0.0934. The van der Waals surface area contributed by atoms with Crippen LogP contribution in [0.5, 0.6) is 0 Å². The van der Waals surface area contributed by atoms with E-state index >= 15 is 0 Å². The summed E-state index contributed by atoms with van der Waals surface area (Å²) in [6, 6.07) is 0. The Kier molecular flexibility index (Phi) is 2.28. The Labute approximate surface area is 95.9 Å². The highest BCUT2D eigenvalue weighted by Gasteiger charge is 2.17. The first-order valence-electron chi connectivity index (χ1n) is 5.18.